The van der Waals surface area contributed by atoms with E-state index in [1.54, 1.807) is 14.2 Å². The molecule has 6 heteroatoms. The standard InChI is InChI=1S/C28H35ClN2O3/c1-4-5-8-24(31-17-15-30(16-18-31)23-9-6-7-10-25(23)33-2)28(32)21-11-13-22-20(19-21)12-14-26(34-3)27(22)29/h6-7,9-14,19,24,28,32H,4-5,8,15-18H2,1-3H3/t24-,28-/m0/s1. The molecule has 1 aliphatic rings. The Hall–Kier alpha value is -2.47. The van der Waals surface area contributed by atoms with Gasteiger partial charge in [0, 0.05) is 37.6 Å². The lowest BCUT2D eigenvalue weighted by molar-refractivity contribution is 0.0386. The quantitative estimate of drug-likeness (QED) is 0.410. The van der Waals surface area contributed by atoms with Crippen LogP contribution in [0, 0.1) is 0 Å². The van der Waals surface area contributed by atoms with Crippen molar-refractivity contribution in [3.8, 4) is 11.5 Å². The van der Waals surface area contributed by atoms with Crippen molar-refractivity contribution in [2.45, 2.75) is 38.3 Å². The molecule has 1 N–H and O–H groups in total. The average molecular weight is 483 g/mol. The smallest absolute Gasteiger partial charge is 0.142 e. The maximum absolute atomic E-state index is 11.5. The highest BCUT2D eigenvalue weighted by atomic mass is 35.5. The zero-order valence-corrected chi connectivity index (χ0v) is 21.1. The minimum absolute atomic E-state index is 0.0749. The van der Waals surface area contributed by atoms with E-state index in [9.17, 15) is 5.11 Å². The zero-order chi connectivity index (χ0) is 24.1. The van der Waals surface area contributed by atoms with Crippen LogP contribution in [0.15, 0.2) is 54.6 Å². The molecule has 0 spiro atoms. The number of rotatable bonds is 9. The van der Waals surface area contributed by atoms with Gasteiger partial charge in [0.15, 0.2) is 0 Å². The first kappa shape index (κ1) is 24.6. The molecular formula is C28H35ClN2O3. The number of hydrogen-bond donors (Lipinski definition) is 1. The number of para-hydroxylation sites is 2. The van der Waals surface area contributed by atoms with Crippen molar-refractivity contribution in [1.29, 1.82) is 0 Å². The number of piperazine rings is 1. The Balaban J connectivity index is 1.52. The molecule has 4 rings (SSSR count). The fraction of sp³-hybridized carbons (Fsp3) is 0.429. The van der Waals surface area contributed by atoms with Gasteiger partial charge >= 0.3 is 0 Å². The SMILES string of the molecule is CCCC[C@@H]([C@@H](O)c1ccc2c(Cl)c(OC)ccc2c1)N1CCN(c2ccccc2OC)CC1. The molecule has 1 fully saturated rings. The zero-order valence-electron chi connectivity index (χ0n) is 20.3. The van der Waals surface area contributed by atoms with Crippen LogP contribution in [0.3, 0.4) is 0 Å². The van der Waals surface area contributed by atoms with Gasteiger partial charge in [-0.1, -0.05) is 61.7 Å². The first-order chi connectivity index (χ1) is 16.6. The number of fused-ring (bicyclic) bond motifs is 1. The van der Waals surface area contributed by atoms with Gasteiger partial charge in [0.05, 0.1) is 31.0 Å². The van der Waals surface area contributed by atoms with Crippen LogP contribution in [0.4, 0.5) is 5.69 Å². The van der Waals surface area contributed by atoms with E-state index in [-0.39, 0.29) is 6.04 Å². The van der Waals surface area contributed by atoms with E-state index < -0.39 is 6.10 Å². The average Bonchev–Trinajstić information content (AvgIpc) is 2.89. The lowest BCUT2D eigenvalue weighted by atomic mass is 9.94. The maximum atomic E-state index is 11.5. The van der Waals surface area contributed by atoms with Crippen LogP contribution in [0.25, 0.3) is 10.8 Å². The van der Waals surface area contributed by atoms with Gasteiger partial charge in [0.25, 0.3) is 0 Å². The van der Waals surface area contributed by atoms with Crippen molar-refractivity contribution in [2.75, 3.05) is 45.3 Å². The molecule has 0 amide bonds. The fourth-order valence-electron chi connectivity index (χ4n) is 4.99. The highest BCUT2D eigenvalue weighted by Crippen LogP contribution is 2.36. The van der Waals surface area contributed by atoms with E-state index in [1.165, 1.54) is 0 Å². The van der Waals surface area contributed by atoms with Gasteiger partial charge in [-0.2, -0.15) is 0 Å². The van der Waals surface area contributed by atoms with Crippen molar-refractivity contribution < 1.29 is 14.6 Å². The van der Waals surface area contributed by atoms with Crippen LogP contribution in [-0.4, -0.2) is 56.4 Å². The predicted octanol–water partition coefficient (Wildman–Crippen LogP) is 5.92. The van der Waals surface area contributed by atoms with Crippen LogP contribution in [0.2, 0.25) is 5.02 Å². The third-order valence-corrected chi connectivity index (χ3v) is 7.32. The van der Waals surface area contributed by atoms with Crippen LogP contribution in [0.1, 0.15) is 37.9 Å². The molecule has 0 radical (unpaired) electrons. The summed E-state index contributed by atoms with van der Waals surface area (Å²) in [6.45, 7) is 5.82. The van der Waals surface area contributed by atoms with Crippen LogP contribution >= 0.6 is 11.6 Å². The number of aliphatic hydroxyl groups is 1. The molecule has 182 valence electrons. The second-order valence-corrected chi connectivity index (χ2v) is 9.29. The molecule has 0 aliphatic carbocycles. The second-order valence-electron chi connectivity index (χ2n) is 8.91. The number of aliphatic hydroxyl groups excluding tert-OH is 1. The van der Waals surface area contributed by atoms with Crippen molar-refractivity contribution in [2.24, 2.45) is 0 Å². The van der Waals surface area contributed by atoms with Gasteiger partial charge in [-0.25, -0.2) is 0 Å². The van der Waals surface area contributed by atoms with Crippen LogP contribution < -0.4 is 14.4 Å². The molecule has 34 heavy (non-hydrogen) atoms. The number of anilines is 1. The monoisotopic (exact) mass is 482 g/mol. The van der Waals surface area contributed by atoms with Crippen molar-refractivity contribution in [3.05, 3.63) is 65.2 Å². The third kappa shape index (κ3) is 5.12. The molecule has 3 aromatic carbocycles. The van der Waals surface area contributed by atoms with E-state index in [1.807, 2.05) is 36.4 Å². The Morgan fingerprint density at radius 3 is 2.38 bits per heavy atom. The van der Waals surface area contributed by atoms with Crippen LogP contribution in [-0.2, 0) is 0 Å². The van der Waals surface area contributed by atoms with Crippen molar-refractivity contribution in [1.82, 2.24) is 4.90 Å². The Morgan fingerprint density at radius 2 is 1.68 bits per heavy atom. The van der Waals surface area contributed by atoms with E-state index in [2.05, 4.69) is 34.9 Å². The summed E-state index contributed by atoms with van der Waals surface area (Å²) in [5.41, 5.74) is 2.07. The maximum Gasteiger partial charge on any atom is 0.142 e. The first-order valence-electron chi connectivity index (χ1n) is 12.1. The fourth-order valence-corrected chi connectivity index (χ4v) is 5.31. The summed E-state index contributed by atoms with van der Waals surface area (Å²) in [7, 11) is 3.34. The van der Waals surface area contributed by atoms with E-state index in [4.69, 9.17) is 21.1 Å². The molecule has 3 aromatic rings. The van der Waals surface area contributed by atoms with Crippen molar-refractivity contribution in [3.63, 3.8) is 0 Å². The Kier molecular flexibility index (Phi) is 8.19. The summed E-state index contributed by atoms with van der Waals surface area (Å²) in [5.74, 6) is 1.57. The lowest BCUT2D eigenvalue weighted by Gasteiger charge is -2.42. The topological polar surface area (TPSA) is 45.2 Å². The number of ether oxygens (including phenoxy) is 2. The first-order valence-corrected chi connectivity index (χ1v) is 12.5. The minimum atomic E-state index is -0.561. The highest BCUT2D eigenvalue weighted by Gasteiger charge is 2.30. The van der Waals surface area contributed by atoms with E-state index >= 15 is 0 Å². The summed E-state index contributed by atoms with van der Waals surface area (Å²) in [5, 5.41) is 14.1. The Labute approximate surface area is 207 Å². The van der Waals surface area contributed by atoms with Crippen molar-refractivity contribution >= 4 is 28.1 Å². The van der Waals surface area contributed by atoms with Gasteiger partial charge in [-0.15, -0.1) is 0 Å². The van der Waals surface area contributed by atoms with Crippen LogP contribution in [0.5, 0.6) is 11.5 Å². The van der Waals surface area contributed by atoms with E-state index in [0.717, 1.165) is 73.2 Å². The largest absolute Gasteiger partial charge is 0.495 e. The molecule has 1 heterocycles. The molecule has 0 bridgehead atoms. The summed E-state index contributed by atoms with van der Waals surface area (Å²) >= 11 is 6.50. The molecule has 1 saturated heterocycles. The summed E-state index contributed by atoms with van der Waals surface area (Å²) in [6, 6.07) is 18.2. The summed E-state index contributed by atoms with van der Waals surface area (Å²) in [6.07, 6.45) is 2.60. The predicted molar refractivity (Wildman–Crippen MR) is 141 cm³/mol. The van der Waals surface area contributed by atoms with Gasteiger partial charge in [0.1, 0.15) is 11.5 Å². The number of unbranched alkanes of at least 4 members (excludes halogenated alkanes) is 1. The Morgan fingerprint density at radius 1 is 0.941 bits per heavy atom. The number of methoxy groups -OCH3 is 2. The second kappa shape index (κ2) is 11.3. The van der Waals surface area contributed by atoms with Gasteiger partial charge in [-0.3, -0.25) is 4.90 Å². The molecule has 1 aliphatic heterocycles. The molecule has 5 nitrogen and oxygen atoms in total. The lowest BCUT2D eigenvalue weighted by Crippen LogP contribution is -2.52. The number of benzene rings is 3. The third-order valence-electron chi connectivity index (χ3n) is 6.93. The van der Waals surface area contributed by atoms with E-state index in [0.29, 0.717) is 10.8 Å². The molecule has 0 unspecified atom stereocenters. The molecule has 0 saturated carbocycles. The van der Waals surface area contributed by atoms with Gasteiger partial charge in [0.2, 0.25) is 0 Å². The molecule has 2 atom stereocenters. The summed E-state index contributed by atoms with van der Waals surface area (Å²) in [4.78, 5) is 4.83. The Bertz CT molecular complexity index is 1100. The summed E-state index contributed by atoms with van der Waals surface area (Å²) < 4.78 is 10.9. The normalized spacial score (nSPS) is 16.4. The van der Waals surface area contributed by atoms with Gasteiger partial charge in [-0.05, 0) is 41.6 Å². The van der Waals surface area contributed by atoms with Gasteiger partial charge < -0.3 is 19.5 Å². The molecular weight excluding hydrogens is 448 g/mol. The number of halogens is 1. The molecule has 0 aromatic heterocycles. The highest BCUT2D eigenvalue weighted by molar-refractivity contribution is 6.37. The number of nitrogens with zero attached hydrogens (tertiary/aromatic N) is 2. The number of hydrogen-bond acceptors (Lipinski definition) is 5. The minimum Gasteiger partial charge on any atom is -0.495 e.